The Kier molecular flexibility index (Phi) is 6.74. The Morgan fingerprint density at radius 2 is 2.03 bits per heavy atom. The number of carbonyl (C=O) groups excluding carboxylic acids is 1. The van der Waals surface area contributed by atoms with Gasteiger partial charge in [0.2, 0.25) is 0 Å². The Morgan fingerprint density at radius 3 is 2.74 bits per heavy atom. The fourth-order valence-corrected chi connectivity index (χ4v) is 4.74. The number of ether oxygens (including phenoxy) is 2. The lowest BCUT2D eigenvalue weighted by Gasteiger charge is -2.33. The van der Waals surface area contributed by atoms with Gasteiger partial charge in [-0.25, -0.2) is 9.79 Å². The molecular formula is C23H20BrClN2O3S. The lowest BCUT2D eigenvalue weighted by Crippen LogP contribution is -2.34. The van der Waals surface area contributed by atoms with Crippen LogP contribution in [0.2, 0.25) is 5.02 Å². The van der Waals surface area contributed by atoms with Gasteiger partial charge in [0.15, 0.2) is 5.17 Å². The number of rotatable bonds is 6. The van der Waals surface area contributed by atoms with Crippen molar-refractivity contribution in [3.63, 3.8) is 0 Å². The summed E-state index contributed by atoms with van der Waals surface area (Å²) in [5, 5.41) is 3.25. The summed E-state index contributed by atoms with van der Waals surface area (Å²) < 4.78 is 12.3. The summed E-state index contributed by atoms with van der Waals surface area (Å²) in [6, 6.07) is 13.2. The molecule has 4 rings (SSSR count). The summed E-state index contributed by atoms with van der Waals surface area (Å²) >= 11 is 11.5. The number of benzene rings is 2. The molecule has 0 radical (unpaired) electrons. The minimum absolute atomic E-state index is 0.299. The molecular weight excluding hydrogens is 500 g/mol. The summed E-state index contributed by atoms with van der Waals surface area (Å²) in [5.41, 5.74) is 3.07. The van der Waals surface area contributed by atoms with Crippen LogP contribution in [0.4, 0.5) is 0 Å². The number of esters is 1. The van der Waals surface area contributed by atoms with Crippen molar-refractivity contribution in [3.8, 4) is 5.75 Å². The molecule has 5 nitrogen and oxygen atoms in total. The van der Waals surface area contributed by atoms with Crippen LogP contribution in [0.3, 0.4) is 0 Å². The summed E-state index contributed by atoms with van der Waals surface area (Å²) in [4.78, 5) is 19.3. The molecule has 0 saturated heterocycles. The first-order valence-corrected chi connectivity index (χ1v) is 11.8. The van der Waals surface area contributed by atoms with E-state index in [-0.39, 0.29) is 12.0 Å². The van der Waals surface area contributed by atoms with Crippen molar-refractivity contribution in [3.05, 3.63) is 86.0 Å². The van der Waals surface area contributed by atoms with Crippen molar-refractivity contribution in [2.45, 2.75) is 26.5 Å². The highest BCUT2D eigenvalue weighted by molar-refractivity contribution is 9.10. The zero-order valence-electron chi connectivity index (χ0n) is 17.0. The second-order valence-electron chi connectivity index (χ2n) is 6.93. The zero-order valence-corrected chi connectivity index (χ0v) is 20.1. The predicted octanol–water partition coefficient (Wildman–Crippen LogP) is 6.45. The Labute approximate surface area is 198 Å². The van der Waals surface area contributed by atoms with Crippen LogP contribution in [-0.4, -0.2) is 22.6 Å². The van der Waals surface area contributed by atoms with Gasteiger partial charge in [-0.3, -0.25) is 0 Å². The lowest BCUT2D eigenvalue weighted by molar-refractivity contribution is -0.139. The molecule has 31 heavy (non-hydrogen) atoms. The smallest absolute Gasteiger partial charge is 0.338 e. The van der Waals surface area contributed by atoms with Crippen LogP contribution in [0, 0.1) is 0 Å². The van der Waals surface area contributed by atoms with Crippen molar-refractivity contribution >= 4 is 50.4 Å². The highest BCUT2D eigenvalue weighted by Crippen LogP contribution is 2.42. The van der Waals surface area contributed by atoms with Gasteiger partial charge in [0.05, 0.1) is 28.9 Å². The average Bonchev–Trinajstić information content (AvgIpc) is 3.21. The van der Waals surface area contributed by atoms with Gasteiger partial charge in [0.1, 0.15) is 12.4 Å². The molecule has 2 aliphatic heterocycles. The van der Waals surface area contributed by atoms with Crippen LogP contribution in [-0.2, 0) is 16.1 Å². The molecule has 2 aromatic carbocycles. The van der Waals surface area contributed by atoms with Gasteiger partial charge in [-0.15, -0.1) is 0 Å². The predicted molar refractivity (Wildman–Crippen MR) is 128 cm³/mol. The molecule has 2 aliphatic rings. The van der Waals surface area contributed by atoms with E-state index in [0.29, 0.717) is 35.3 Å². The van der Waals surface area contributed by atoms with Crippen LogP contribution < -0.4 is 4.74 Å². The summed E-state index contributed by atoms with van der Waals surface area (Å²) in [7, 11) is 0. The van der Waals surface area contributed by atoms with Crippen LogP contribution in [0.5, 0.6) is 5.75 Å². The average molecular weight is 520 g/mol. The van der Waals surface area contributed by atoms with Crippen LogP contribution in [0.15, 0.2) is 74.8 Å². The Balaban J connectivity index is 1.62. The number of amidine groups is 1. The summed E-state index contributed by atoms with van der Waals surface area (Å²) in [5.74, 6) is 0.215. The number of aliphatic imine (C=N–C) groups is 1. The molecule has 2 aromatic rings. The van der Waals surface area contributed by atoms with E-state index in [0.717, 1.165) is 20.8 Å². The molecule has 2 heterocycles. The van der Waals surface area contributed by atoms with Gasteiger partial charge in [-0.1, -0.05) is 57.5 Å². The van der Waals surface area contributed by atoms with E-state index in [9.17, 15) is 4.79 Å². The van der Waals surface area contributed by atoms with Crippen molar-refractivity contribution in [1.29, 1.82) is 0 Å². The third-order valence-corrected chi connectivity index (χ3v) is 6.49. The largest absolute Gasteiger partial charge is 0.487 e. The molecule has 0 fully saturated rings. The molecule has 0 saturated carbocycles. The number of halogens is 2. The highest BCUT2D eigenvalue weighted by Gasteiger charge is 2.37. The molecule has 0 spiro atoms. The maximum atomic E-state index is 12.7. The molecule has 0 amide bonds. The second kappa shape index (κ2) is 9.51. The van der Waals surface area contributed by atoms with E-state index < -0.39 is 0 Å². The van der Waals surface area contributed by atoms with E-state index in [1.54, 1.807) is 6.92 Å². The Morgan fingerprint density at radius 1 is 1.26 bits per heavy atom. The summed E-state index contributed by atoms with van der Waals surface area (Å²) in [6.07, 6.45) is 1.92. The molecule has 0 bridgehead atoms. The Bertz CT molecular complexity index is 1100. The van der Waals surface area contributed by atoms with E-state index in [4.69, 9.17) is 21.1 Å². The van der Waals surface area contributed by atoms with Gasteiger partial charge in [-0.2, -0.15) is 0 Å². The third kappa shape index (κ3) is 4.68. The minimum atomic E-state index is -0.371. The normalized spacial score (nSPS) is 17.5. The molecule has 1 atom stereocenters. The van der Waals surface area contributed by atoms with Gasteiger partial charge in [0.25, 0.3) is 0 Å². The maximum Gasteiger partial charge on any atom is 0.338 e. The molecule has 8 heteroatoms. The number of hydrogen-bond acceptors (Lipinski definition) is 6. The van der Waals surface area contributed by atoms with E-state index in [1.807, 2.05) is 65.9 Å². The number of carbonyl (C=O) groups is 1. The minimum Gasteiger partial charge on any atom is -0.487 e. The van der Waals surface area contributed by atoms with Crippen LogP contribution in [0.1, 0.15) is 31.0 Å². The van der Waals surface area contributed by atoms with Crippen molar-refractivity contribution in [2.75, 3.05) is 6.61 Å². The molecule has 0 aliphatic carbocycles. The van der Waals surface area contributed by atoms with Crippen LogP contribution in [0.25, 0.3) is 0 Å². The number of allylic oxidation sites excluding steroid dienone is 1. The first-order chi connectivity index (χ1) is 15.0. The van der Waals surface area contributed by atoms with Gasteiger partial charge in [-0.05, 0) is 54.6 Å². The standard InChI is InChI=1S/C23H20BrClN2O3S/c1-3-29-22(28)20-14(2)26-23-27(10-11-31-23)21(20)16-6-9-19(18(25)12-16)30-13-15-4-7-17(24)8-5-15/h4-12,21H,3,13H2,1-2H3/t21-/m1/s1. The number of thioether (sulfide) groups is 1. The van der Waals surface area contributed by atoms with Crippen molar-refractivity contribution < 1.29 is 14.3 Å². The molecule has 160 valence electrons. The van der Waals surface area contributed by atoms with Gasteiger partial charge >= 0.3 is 5.97 Å². The molecule has 0 aromatic heterocycles. The van der Waals surface area contributed by atoms with Crippen LogP contribution >= 0.6 is 39.3 Å². The van der Waals surface area contributed by atoms with Gasteiger partial charge < -0.3 is 14.4 Å². The summed E-state index contributed by atoms with van der Waals surface area (Å²) in [6.45, 7) is 4.33. The van der Waals surface area contributed by atoms with E-state index in [2.05, 4.69) is 20.9 Å². The fraction of sp³-hybridized carbons (Fsp3) is 0.217. The van der Waals surface area contributed by atoms with E-state index in [1.165, 1.54) is 11.8 Å². The second-order valence-corrected chi connectivity index (χ2v) is 9.13. The fourth-order valence-electron chi connectivity index (χ4n) is 3.44. The number of fused-ring (bicyclic) bond motifs is 1. The lowest BCUT2D eigenvalue weighted by atomic mass is 9.94. The molecule has 0 N–H and O–H groups in total. The number of nitrogens with zero attached hydrogens (tertiary/aromatic N) is 2. The monoisotopic (exact) mass is 518 g/mol. The zero-order chi connectivity index (χ0) is 22.0. The van der Waals surface area contributed by atoms with Crippen molar-refractivity contribution in [2.24, 2.45) is 4.99 Å². The van der Waals surface area contributed by atoms with Crippen molar-refractivity contribution in [1.82, 2.24) is 4.90 Å². The maximum absolute atomic E-state index is 12.7. The topological polar surface area (TPSA) is 51.1 Å². The third-order valence-electron chi connectivity index (χ3n) is 4.90. The first-order valence-electron chi connectivity index (χ1n) is 9.73. The SMILES string of the molecule is CCOC(=O)C1=C(C)N=C2SC=CN2[C@@H]1c1ccc(OCc2ccc(Br)cc2)c(Cl)c1. The Hall–Kier alpha value is -2.22. The number of hydrogen-bond donors (Lipinski definition) is 0. The van der Waals surface area contributed by atoms with Gasteiger partial charge in [0, 0.05) is 10.7 Å². The van der Waals surface area contributed by atoms with E-state index >= 15 is 0 Å². The highest BCUT2D eigenvalue weighted by atomic mass is 79.9. The quantitative estimate of drug-likeness (QED) is 0.411. The molecule has 0 unspecified atom stereocenters. The first kappa shape index (κ1) is 22.0.